The van der Waals surface area contributed by atoms with Crippen LogP contribution in [0.4, 0.5) is 0 Å². The van der Waals surface area contributed by atoms with Gasteiger partial charge in [-0.2, -0.15) is 4.31 Å². The van der Waals surface area contributed by atoms with Gasteiger partial charge in [-0.05, 0) is 31.4 Å². The summed E-state index contributed by atoms with van der Waals surface area (Å²) in [5.74, 6) is 0.226. The van der Waals surface area contributed by atoms with Crippen molar-refractivity contribution in [2.24, 2.45) is 0 Å². The lowest BCUT2D eigenvalue weighted by Crippen LogP contribution is -2.52. The number of fused-ring (bicyclic) bond motifs is 1. The summed E-state index contributed by atoms with van der Waals surface area (Å²) in [7, 11) is -3.11. The Morgan fingerprint density at radius 2 is 1.90 bits per heavy atom. The number of nitrogens with zero attached hydrogens (tertiary/aromatic N) is 2. The van der Waals surface area contributed by atoms with E-state index in [9.17, 15) is 8.42 Å². The molecule has 1 atom stereocenters. The maximum absolute atomic E-state index is 12.5. The molecule has 1 unspecified atom stereocenters. The van der Waals surface area contributed by atoms with Crippen molar-refractivity contribution in [2.45, 2.75) is 25.3 Å². The van der Waals surface area contributed by atoms with Gasteiger partial charge < -0.3 is 0 Å². The Bertz CT molecular complexity index is 544. The highest BCUT2D eigenvalue weighted by molar-refractivity contribution is 7.89. The van der Waals surface area contributed by atoms with E-state index in [1.54, 1.807) is 4.31 Å². The lowest BCUT2D eigenvalue weighted by Gasteiger charge is -2.36. The Balaban J connectivity index is 1.60. The van der Waals surface area contributed by atoms with E-state index >= 15 is 0 Å². The second kappa shape index (κ2) is 5.84. The third kappa shape index (κ3) is 3.05. The highest BCUT2D eigenvalue weighted by Gasteiger charge is 2.35. The van der Waals surface area contributed by atoms with E-state index in [1.807, 2.05) is 30.3 Å². The molecule has 110 valence electrons. The van der Waals surface area contributed by atoms with Crippen molar-refractivity contribution in [1.29, 1.82) is 0 Å². The molecule has 0 radical (unpaired) electrons. The molecule has 0 aromatic heterocycles. The molecule has 0 amide bonds. The fourth-order valence-electron chi connectivity index (χ4n) is 3.24. The van der Waals surface area contributed by atoms with E-state index < -0.39 is 10.0 Å². The van der Waals surface area contributed by atoms with Gasteiger partial charge in [-0.25, -0.2) is 8.42 Å². The van der Waals surface area contributed by atoms with Crippen molar-refractivity contribution in [2.75, 3.05) is 31.9 Å². The van der Waals surface area contributed by atoms with Crippen LogP contribution in [0.2, 0.25) is 0 Å². The Morgan fingerprint density at radius 1 is 1.10 bits per heavy atom. The molecule has 0 bridgehead atoms. The molecule has 1 aromatic carbocycles. The first-order chi connectivity index (χ1) is 9.65. The van der Waals surface area contributed by atoms with E-state index in [4.69, 9.17) is 0 Å². The average molecular weight is 294 g/mol. The summed E-state index contributed by atoms with van der Waals surface area (Å²) in [4.78, 5) is 2.43. The molecule has 0 spiro atoms. The Hall–Kier alpha value is -0.910. The van der Waals surface area contributed by atoms with Gasteiger partial charge in [-0.1, -0.05) is 30.3 Å². The number of aryl methyl sites for hydroxylation is 1. The zero-order valence-electron chi connectivity index (χ0n) is 11.7. The minimum atomic E-state index is -3.11. The van der Waals surface area contributed by atoms with Crippen LogP contribution in [0.1, 0.15) is 18.4 Å². The van der Waals surface area contributed by atoms with Gasteiger partial charge in [0.15, 0.2) is 0 Å². The molecule has 4 nitrogen and oxygen atoms in total. The number of piperazine rings is 1. The highest BCUT2D eigenvalue weighted by atomic mass is 32.2. The van der Waals surface area contributed by atoms with Crippen LogP contribution in [0.25, 0.3) is 0 Å². The topological polar surface area (TPSA) is 40.6 Å². The lowest BCUT2D eigenvalue weighted by molar-refractivity contribution is 0.158. The van der Waals surface area contributed by atoms with Crippen LogP contribution < -0.4 is 0 Å². The number of hydrogen-bond donors (Lipinski definition) is 0. The summed E-state index contributed by atoms with van der Waals surface area (Å²) in [5.41, 5.74) is 1.09. The predicted molar refractivity (Wildman–Crippen MR) is 80.1 cm³/mol. The smallest absolute Gasteiger partial charge is 0.214 e. The lowest BCUT2D eigenvalue weighted by atomic mass is 10.2. The first kappa shape index (κ1) is 14.0. The summed E-state index contributed by atoms with van der Waals surface area (Å²) < 4.78 is 26.6. The molecule has 3 rings (SSSR count). The first-order valence-electron chi connectivity index (χ1n) is 7.41. The molecule has 2 heterocycles. The van der Waals surface area contributed by atoms with Gasteiger partial charge >= 0.3 is 0 Å². The SMILES string of the molecule is O=S(=O)(CCc1ccccc1)N1CCN2CCCC2C1. The molecule has 5 heteroatoms. The van der Waals surface area contributed by atoms with Crippen molar-refractivity contribution < 1.29 is 8.42 Å². The van der Waals surface area contributed by atoms with Crippen LogP contribution in [0.3, 0.4) is 0 Å². The second-order valence-corrected chi connectivity index (χ2v) is 7.83. The minimum Gasteiger partial charge on any atom is -0.298 e. The third-order valence-corrected chi connectivity index (χ3v) is 6.27. The quantitative estimate of drug-likeness (QED) is 0.841. The molecule has 2 aliphatic heterocycles. The van der Waals surface area contributed by atoms with E-state index in [-0.39, 0.29) is 5.75 Å². The van der Waals surface area contributed by atoms with Gasteiger partial charge in [0.1, 0.15) is 0 Å². The Kier molecular flexibility index (Phi) is 4.10. The third-order valence-electron chi connectivity index (χ3n) is 4.43. The molecule has 1 aromatic rings. The molecule has 0 saturated carbocycles. The van der Waals surface area contributed by atoms with Crippen LogP contribution in [-0.4, -0.2) is 55.6 Å². The Labute approximate surface area is 121 Å². The molecular formula is C15H22N2O2S. The predicted octanol–water partition coefficient (Wildman–Crippen LogP) is 1.34. The van der Waals surface area contributed by atoms with Crippen molar-refractivity contribution in [3.8, 4) is 0 Å². The number of hydrogen-bond acceptors (Lipinski definition) is 3. The normalized spacial score (nSPS) is 24.7. The summed E-state index contributed by atoms with van der Waals surface area (Å²) in [6.45, 7) is 3.39. The van der Waals surface area contributed by atoms with E-state index in [1.165, 1.54) is 6.42 Å². The zero-order valence-corrected chi connectivity index (χ0v) is 12.6. The summed E-state index contributed by atoms with van der Waals surface area (Å²) in [5, 5.41) is 0. The van der Waals surface area contributed by atoms with Crippen LogP contribution >= 0.6 is 0 Å². The van der Waals surface area contributed by atoms with Crippen LogP contribution in [0.5, 0.6) is 0 Å². The maximum Gasteiger partial charge on any atom is 0.214 e. The minimum absolute atomic E-state index is 0.226. The molecule has 0 aliphatic carbocycles. The van der Waals surface area contributed by atoms with Crippen LogP contribution in [-0.2, 0) is 16.4 Å². The zero-order chi connectivity index (χ0) is 14.0. The van der Waals surface area contributed by atoms with Gasteiger partial charge in [0.25, 0.3) is 0 Å². The number of rotatable bonds is 4. The summed E-state index contributed by atoms with van der Waals surface area (Å²) in [6, 6.07) is 10.3. The molecular weight excluding hydrogens is 272 g/mol. The van der Waals surface area contributed by atoms with Crippen LogP contribution in [0, 0.1) is 0 Å². The van der Waals surface area contributed by atoms with Crippen molar-refractivity contribution >= 4 is 10.0 Å². The molecule has 2 saturated heterocycles. The van der Waals surface area contributed by atoms with Gasteiger partial charge in [-0.3, -0.25) is 4.90 Å². The summed E-state index contributed by atoms with van der Waals surface area (Å²) in [6.07, 6.45) is 2.96. The van der Waals surface area contributed by atoms with Crippen molar-refractivity contribution in [3.63, 3.8) is 0 Å². The average Bonchev–Trinajstić information content (AvgIpc) is 2.94. The van der Waals surface area contributed by atoms with Crippen molar-refractivity contribution in [3.05, 3.63) is 35.9 Å². The second-order valence-electron chi connectivity index (χ2n) is 5.74. The monoisotopic (exact) mass is 294 g/mol. The highest BCUT2D eigenvalue weighted by Crippen LogP contribution is 2.23. The fraction of sp³-hybridized carbons (Fsp3) is 0.600. The number of benzene rings is 1. The van der Waals surface area contributed by atoms with Gasteiger partial charge in [0, 0.05) is 25.7 Å². The fourth-order valence-corrected chi connectivity index (χ4v) is 4.75. The van der Waals surface area contributed by atoms with Crippen molar-refractivity contribution in [1.82, 2.24) is 9.21 Å². The molecule has 20 heavy (non-hydrogen) atoms. The molecule has 2 fully saturated rings. The first-order valence-corrected chi connectivity index (χ1v) is 9.02. The van der Waals surface area contributed by atoms with Gasteiger partial charge in [0.2, 0.25) is 10.0 Å². The molecule has 0 N–H and O–H groups in total. The molecule has 2 aliphatic rings. The van der Waals surface area contributed by atoms with E-state index in [2.05, 4.69) is 4.90 Å². The van der Waals surface area contributed by atoms with Crippen LogP contribution in [0.15, 0.2) is 30.3 Å². The van der Waals surface area contributed by atoms with E-state index in [0.29, 0.717) is 25.6 Å². The van der Waals surface area contributed by atoms with Gasteiger partial charge in [-0.15, -0.1) is 0 Å². The largest absolute Gasteiger partial charge is 0.298 e. The number of sulfonamides is 1. The maximum atomic E-state index is 12.5. The summed E-state index contributed by atoms with van der Waals surface area (Å²) >= 11 is 0. The Morgan fingerprint density at radius 3 is 2.70 bits per heavy atom. The van der Waals surface area contributed by atoms with E-state index in [0.717, 1.165) is 25.1 Å². The van der Waals surface area contributed by atoms with Gasteiger partial charge in [0.05, 0.1) is 5.75 Å². The standard InChI is InChI=1S/C15H22N2O2S/c18-20(19,12-8-14-5-2-1-3-6-14)17-11-10-16-9-4-7-15(16)13-17/h1-3,5-6,15H,4,7-13H2.